The number of carbonyl (C=O) groups excluding carboxylic acids is 1. The Kier molecular flexibility index (Phi) is 3.14. The first-order chi connectivity index (χ1) is 12.5. The summed E-state index contributed by atoms with van der Waals surface area (Å²) < 4.78 is 2.02. The van der Waals surface area contributed by atoms with Crippen molar-refractivity contribution in [2.24, 2.45) is 15.9 Å². The molecular weight excluding hydrogens is 328 g/mol. The Bertz CT molecular complexity index is 879. The molecule has 0 N–H and O–H groups in total. The molecule has 26 heavy (non-hydrogen) atoms. The van der Waals surface area contributed by atoms with Crippen LogP contribution >= 0.6 is 0 Å². The Morgan fingerprint density at radius 2 is 2.00 bits per heavy atom. The number of hydrazone groups is 1. The minimum atomic E-state index is -0.222. The first kappa shape index (κ1) is 15.7. The van der Waals surface area contributed by atoms with Crippen LogP contribution in [-0.2, 0) is 11.3 Å². The molecule has 6 rings (SSSR count). The summed E-state index contributed by atoms with van der Waals surface area (Å²) in [6.45, 7) is 4.87. The fourth-order valence-electron chi connectivity index (χ4n) is 4.96. The number of aryl methyl sites for hydroxylation is 2. The lowest BCUT2D eigenvalue weighted by Gasteiger charge is -2.69. The van der Waals surface area contributed by atoms with Crippen LogP contribution in [-0.4, -0.2) is 36.9 Å². The zero-order valence-corrected chi connectivity index (χ0v) is 15.1. The van der Waals surface area contributed by atoms with Gasteiger partial charge in [-0.3, -0.25) is 19.4 Å². The third kappa shape index (κ3) is 2.22. The lowest BCUT2D eigenvalue weighted by atomic mass is 9.34. The van der Waals surface area contributed by atoms with E-state index >= 15 is 0 Å². The van der Waals surface area contributed by atoms with Gasteiger partial charge in [-0.05, 0) is 44.1 Å². The summed E-state index contributed by atoms with van der Waals surface area (Å²) in [6.07, 6.45) is 12.8. The number of hydrogen-bond acceptors (Lipinski definition) is 5. The number of nitrogens with zero attached hydrogens (tertiary/aromatic N) is 6. The Morgan fingerprint density at radius 3 is 2.65 bits per heavy atom. The highest BCUT2D eigenvalue weighted by atomic mass is 16.2. The van der Waals surface area contributed by atoms with Crippen molar-refractivity contribution in [2.45, 2.75) is 52.1 Å². The molecule has 4 aliphatic rings. The SMILES string of the molecule is Cc1cnn(CC23CC(C(=O)N4N=CCC4c4cnc(C)cn4)(C2)C3)c1. The average molecular weight is 350 g/mol. The third-order valence-corrected chi connectivity index (χ3v) is 6.03. The number of carbonyl (C=O) groups is 1. The quantitative estimate of drug-likeness (QED) is 0.848. The fourth-order valence-corrected chi connectivity index (χ4v) is 4.96. The van der Waals surface area contributed by atoms with Gasteiger partial charge in [0.15, 0.2) is 0 Å². The van der Waals surface area contributed by atoms with Crippen molar-refractivity contribution < 1.29 is 4.79 Å². The van der Waals surface area contributed by atoms with E-state index in [1.807, 2.05) is 24.0 Å². The van der Waals surface area contributed by atoms with Crippen LogP contribution in [0.1, 0.15) is 48.7 Å². The van der Waals surface area contributed by atoms with Crippen LogP contribution in [0.25, 0.3) is 0 Å². The summed E-state index contributed by atoms with van der Waals surface area (Å²) >= 11 is 0. The molecule has 0 spiro atoms. The van der Waals surface area contributed by atoms with Gasteiger partial charge >= 0.3 is 0 Å². The zero-order chi connectivity index (χ0) is 17.9. The van der Waals surface area contributed by atoms with Crippen molar-refractivity contribution in [1.29, 1.82) is 0 Å². The number of rotatable bonds is 4. The van der Waals surface area contributed by atoms with Crippen molar-refractivity contribution in [2.75, 3.05) is 0 Å². The molecule has 3 heterocycles. The van der Waals surface area contributed by atoms with Gasteiger partial charge in [0, 0.05) is 31.6 Å². The lowest BCUT2D eigenvalue weighted by Crippen LogP contribution is -2.68. The minimum Gasteiger partial charge on any atom is -0.272 e. The lowest BCUT2D eigenvalue weighted by molar-refractivity contribution is -0.223. The van der Waals surface area contributed by atoms with Crippen LogP contribution in [0.5, 0.6) is 0 Å². The summed E-state index contributed by atoms with van der Waals surface area (Å²) in [4.78, 5) is 22.0. The van der Waals surface area contributed by atoms with Gasteiger partial charge in [0.05, 0.1) is 29.2 Å². The normalized spacial score (nSPS) is 31.6. The van der Waals surface area contributed by atoms with Gasteiger partial charge in [-0.15, -0.1) is 0 Å². The van der Waals surface area contributed by atoms with Crippen molar-refractivity contribution in [3.63, 3.8) is 0 Å². The standard InChI is InChI=1S/C19H22N6O/c1-13-5-23-24(8-13)12-18-9-19(10-18,11-18)17(26)25-16(3-4-22-25)15-7-20-14(2)6-21-15/h4-8,16H,3,9-12H2,1-2H3. The maximum absolute atomic E-state index is 13.2. The molecule has 7 nitrogen and oxygen atoms in total. The number of hydrogen-bond donors (Lipinski definition) is 0. The Balaban J connectivity index is 1.28. The van der Waals surface area contributed by atoms with Crippen molar-refractivity contribution in [1.82, 2.24) is 24.8 Å². The molecule has 1 aliphatic heterocycles. The van der Waals surface area contributed by atoms with Crippen LogP contribution in [0, 0.1) is 24.7 Å². The second-order valence-corrected chi connectivity index (χ2v) is 8.31. The largest absolute Gasteiger partial charge is 0.272 e. The van der Waals surface area contributed by atoms with Crippen LogP contribution in [0.2, 0.25) is 0 Å². The predicted octanol–water partition coefficient (Wildman–Crippen LogP) is 2.42. The van der Waals surface area contributed by atoms with Gasteiger partial charge in [0.1, 0.15) is 6.04 Å². The van der Waals surface area contributed by atoms with Crippen LogP contribution in [0.4, 0.5) is 0 Å². The molecule has 0 aromatic carbocycles. The van der Waals surface area contributed by atoms with E-state index in [0.717, 1.165) is 37.2 Å². The van der Waals surface area contributed by atoms with E-state index in [1.165, 1.54) is 5.56 Å². The highest BCUT2D eigenvalue weighted by Gasteiger charge is 2.72. The average Bonchev–Trinajstić information content (AvgIpc) is 3.18. The molecule has 0 radical (unpaired) electrons. The maximum Gasteiger partial charge on any atom is 0.249 e. The van der Waals surface area contributed by atoms with Crippen molar-refractivity contribution in [3.8, 4) is 0 Å². The molecule has 134 valence electrons. The Morgan fingerprint density at radius 1 is 1.19 bits per heavy atom. The number of aromatic nitrogens is 4. The summed E-state index contributed by atoms with van der Waals surface area (Å²) in [6, 6.07) is -0.116. The van der Waals surface area contributed by atoms with E-state index < -0.39 is 0 Å². The monoisotopic (exact) mass is 350 g/mol. The zero-order valence-electron chi connectivity index (χ0n) is 15.1. The molecule has 3 fully saturated rings. The highest BCUT2D eigenvalue weighted by molar-refractivity contribution is 5.88. The molecule has 2 aromatic heterocycles. The Hall–Kier alpha value is -2.57. The summed E-state index contributed by atoms with van der Waals surface area (Å²) in [5.74, 6) is 0.150. The fraction of sp³-hybridized carbons (Fsp3) is 0.526. The second kappa shape index (κ2) is 5.22. The van der Waals surface area contributed by atoms with E-state index in [1.54, 1.807) is 17.4 Å². The van der Waals surface area contributed by atoms with Gasteiger partial charge in [0.2, 0.25) is 5.91 Å². The van der Waals surface area contributed by atoms with Gasteiger partial charge in [-0.2, -0.15) is 10.2 Å². The van der Waals surface area contributed by atoms with Gasteiger partial charge < -0.3 is 0 Å². The molecule has 1 atom stereocenters. The minimum absolute atomic E-state index is 0.116. The van der Waals surface area contributed by atoms with Gasteiger partial charge in [0.25, 0.3) is 0 Å². The van der Waals surface area contributed by atoms with Crippen LogP contribution in [0.15, 0.2) is 29.9 Å². The summed E-state index contributed by atoms with van der Waals surface area (Å²) in [7, 11) is 0. The van der Waals surface area contributed by atoms with Crippen molar-refractivity contribution in [3.05, 3.63) is 41.7 Å². The van der Waals surface area contributed by atoms with E-state index in [9.17, 15) is 4.79 Å². The van der Waals surface area contributed by atoms with Crippen molar-refractivity contribution >= 4 is 12.1 Å². The molecule has 7 heteroatoms. The van der Waals surface area contributed by atoms with E-state index in [-0.39, 0.29) is 22.8 Å². The molecule has 2 bridgehead atoms. The third-order valence-electron chi connectivity index (χ3n) is 6.03. The van der Waals surface area contributed by atoms with Crippen LogP contribution in [0.3, 0.4) is 0 Å². The molecule has 1 unspecified atom stereocenters. The second-order valence-electron chi connectivity index (χ2n) is 8.31. The number of amides is 1. The summed E-state index contributed by atoms with van der Waals surface area (Å²) in [5, 5.41) is 10.4. The molecular formula is C19H22N6O. The molecule has 0 saturated heterocycles. The molecule has 3 aliphatic carbocycles. The first-order valence-electron chi connectivity index (χ1n) is 9.13. The smallest absolute Gasteiger partial charge is 0.249 e. The van der Waals surface area contributed by atoms with Gasteiger partial charge in [-0.1, -0.05) is 0 Å². The topological polar surface area (TPSA) is 76.3 Å². The van der Waals surface area contributed by atoms with E-state index in [2.05, 4.69) is 33.3 Å². The molecule has 2 aromatic rings. The first-order valence-corrected chi connectivity index (χ1v) is 9.13. The van der Waals surface area contributed by atoms with E-state index in [0.29, 0.717) is 6.42 Å². The maximum atomic E-state index is 13.2. The van der Waals surface area contributed by atoms with Gasteiger partial charge in [-0.25, -0.2) is 5.01 Å². The highest BCUT2D eigenvalue weighted by Crippen LogP contribution is 2.74. The van der Waals surface area contributed by atoms with Crippen LogP contribution < -0.4 is 0 Å². The predicted molar refractivity (Wildman–Crippen MR) is 95.1 cm³/mol. The van der Waals surface area contributed by atoms with E-state index in [4.69, 9.17) is 0 Å². The summed E-state index contributed by atoms with van der Waals surface area (Å²) in [5.41, 5.74) is 2.89. The molecule has 1 amide bonds. The molecule has 3 saturated carbocycles. The Labute approximate surface area is 152 Å².